The van der Waals surface area contributed by atoms with Crippen LogP contribution in [0.1, 0.15) is 21.2 Å². The number of aromatic nitrogens is 2. The van der Waals surface area contributed by atoms with E-state index in [9.17, 15) is 4.79 Å². The molecule has 0 aliphatic heterocycles. The molecule has 4 rings (SSSR count). The maximum Gasteiger partial charge on any atom is 0.277 e. The number of Topliss-reactive ketones (excluding diaryl/α,β-unsaturated/α-hetero) is 1. The zero-order valence-electron chi connectivity index (χ0n) is 14.4. The smallest absolute Gasteiger partial charge is 0.277 e. The Balaban J connectivity index is 1.64. The second-order valence-corrected chi connectivity index (χ2v) is 6.93. The van der Waals surface area contributed by atoms with Gasteiger partial charge >= 0.3 is 0 Å². The van der Waals surface area contributed by atoms with Gasteiger partial charge in [-0.1, -0.05) is 78.9 Å². The Morgan fingerprint density at radius 2 is 1.37 bits per heavy atom. The number of carbonyl (C=O) groups excluding carboxylic acids is 1. The molecule has 4 aromatic rings. The molecule has 0 aliphatic rings. The number of rotatable bonds is 6. The Bertz CT molecular complexity index is 1020. The Morgan fingerprint density at radius 3 is 2.04 bits per heavy atom. The van der Waals surface area contributed by atoms with Crippen LogP contribution >= 0.6 is 11.8 Å². The first-order chi connectivity index (χ1) is 13.3. The highest BCUT2D eigenvalue weighted by Crippen LogP contribution is 2.38. The van der Waals surface area contributed by atoms with Gasteiger partial charge in [-0.3, -0.25) is 4.79 Å². The summed E-state index contributed by atoms with van der Waals surface area (Å²) in [7, 11) is 0. The molecule has 0 spiro atoms. The molecule has 0 radical (unpaired) electrons. The van der Waals surface area contributed by atoms with Gasteiger partial charge < -0.3 is 4.42 Å². The number of hydrogen-bond acceptors (Lipinski definition) is 5. The van der Waals surface area contributed by atoms with Gasteiger partial charge in [-0.25, -0.2) is 0 Å². The van der Waals surface area contributed by atoms with Crippen molar-refractivity contribution in [3.05, 3.63) is 102 Å². The van der Waals surface area contributed by atoms with E-state index in [4.69, 9.17) is 4.42 Å². The quantitative estimate of drug-likeness (QED) is 0.333. The van der Waals surface area contributed by atoms with E-state index in [0.29, 0.717) is 16.7 Å². The van der Waals surface area contributed by atoms with Crippen LogP contribution < -0.4 is 0 Å². The highest BCUT2D eigenvalue weighted by Gasteiger charge is 2.26. The summed E-state index contributed by atoms with van der Waals surface area (Å²) in [6.07, 6.45) is 0. The lowest BCUT2D eigenvalue weighted by atomic mass is 10.0. The molecule has 132 valence electrons. The molecule has 5 heteroatoms. The number of carbonyl (C=O) groups is 1. The van der Waals surface area contributed by atoms with Gasteiger partial charge in [0.05, 0.1) is 0 Å². The van der Waals surface area contributed by atoms with Gasteiger partial charge in [-0.15, -0.1) is 10.2 Å². The lowest BCUT2D eigenvalue weighted by Crippen LogP contribution is -2.10. The van der Waals surface area contributed by atoms with Crippen LogP contribution in [0.3, 0.4) is 0 Å². The molecule has 3 aromatic carbocycles. The largest absolute Gasteiger partial charge is 0.411 e. The van der Waals surface area contributed by atoms with Gasteiger partial charge in [0, 0.05) is 11.1 Å². The van der Waals surface area contributed by atoms with Crippen molar-refractivity contribution in [3.63, 3.8) is 0 Å². The van der Waals surface area contributed by atoms with Crippen LogP contribution in [0.5, 0.6) is 0 Å². The first kappa shape index (κ1) is 17.2. The summed E-state index contributed by atoms with van der Waals surface area (Å²) in [4.78, 5) is 13.1. The highest BCUT2D eigenvalue weighted by atomic mass is 32.2. The van der Waals surface area contributed by atoms with E-state index in [0.717, 1.165) is 11.1 Å². The summed E-state index contributed by atoms with van der Waals surface area (Å²) >= 11 is 1.27. The molecule has 1 atom stereocenters. The average molecular weight is 372 g/mol. The average Bonchev–Trinajstić information content (AvgIpc) is 3.22. The van der Waals surface area contributed by atoms with Crippen molar-refractivity contribution in [1.29, 1.82) is 0 Å². The minimum atomic E-state index is -0.460. The van der Waals surface area contributed by atoms with Gasteiger partial charge in [-0.05, 0) is 29.5 Å². The molecule has 0 aliphatic carbocycles. The third-order valence-corrected chi connectivity index (χ3v) is 5.13. The summed E-state index contributed by atoms with van der Waals surface area (Å²) in [5.41, 5.74) is 2.40. The molecular formula is C22H16N2O2S. The molecule has 0 fully saturated rings. The van der Waals surface area contributed by atoms with E-state index in [-0.39, 0.29) is 5.78 Å². The van der Waals surface area contributed by atoms with Crippen LogP contribution in [0.15, 0.2) is 101 Å². The summed E-state index contributed by atoms with van der Waals surface area (Å²) in [5.74, 6) is 0.448. The molecule has 0 bridgehead atoms. The first-order valence-corrected chi connectivity index (χ1v) is 9.39. The lowest BCUT2D eigenvalue weighted by molar-refractivity contribution is 0.0989. The Morgan fingerprint density at radius 1 is 0.778 bits per heavy atom. The van der Waals surface area contributed by atoms with Gasteiger partial charge in [-0.2, -0.15) is 0 Å². The normalized spacial score (nSPS) is 11.9. The minimum Gasteiger partial charge on any atom is -0.411 e. The van der Waals surface area contributed by atoms with E-state index < -0.39 is 5.25 Å². The molecule has 0 saturated carbocycles. The Labute approximate surface area is 161 Å². The SMILES string of the molecule is O=C(c1ccccc1)[C@@H](Sc1nnc(-c2ccccc2)o1)c1ccccc1. The second kappa shape index (κ2) is 8.01. The fraction of sp³-hybridized carbons (Fsp3) is 0.0455. The van der Waals surface area contributed by atoms with Crippen LogP contribution in [-0.4, -0.2) is 16.0 Å². The maximum absolute atomic E-state index is 13.1. The predicted octanol–water partition coefficient (Wildman–Crippen LogP) is 5.45. The first-order valence-electron chi connectivity index (χ1n) is 8.51. The number of ketones is 1. The van der Waals surface area contributed by atoms with Crippen LogP contribution in [-0.2, 0) is 0 Å². The topological polar surface area (TPSA) is 56.0 Å². The minimum absolute atomic E-state index is 0.00580. The fourth-order valence-corrected chi connectivity index (χ4v) is 3.66. The summed E-state index contributed by atoms with van der Waals surface area (Å²) in [6.45, 7) is 0. The number of thioether (sulfide) groups is 1. The van der Waals surface area contributed by atoms with Gasteiger partial charge in [0.15, 0.2) is 5.78 Å². The van der Waals surface area contributed by atoms with Crippen molar-refractivity contribution < 1.29 is 9.21 Å². The van der Waals surface area contributed by atoms with Crippen LogP contribution in [0.25, 0.3) is 11.5 Å². The van der Waals surface area contributed by atoms with Crippen molar-refractivity contribution in [2.45, 2.75) is 10.5 Å². The van der Waals surface area contributed by atoms with Crippen molar-refractivity contribution in [2.75, 3.05) is 0 Å². The summed E-state index contributed by atoms with van der Waals surface area (Å²) in [5, 5.41) is 8.15. The summed E-state index contributed by atoms with van der Waals surface area (Å²) in [6, 6.07) is 28.5. The zero-order chi connectivity index (χ0) is 18.5. The van der Waals surface area contributed by atoms with Crippen LogP contribution in [0, 0.1) is 0 Å². The van der Waals surface area contributed by atoms with E-state index in [1.54, 1.807) is 0 Å². The molecule has 0 amide bonds. The molecule has 27 heavy (non-hydrogen) atoms. The number of nitrogens with zero attached hydrogens (tertiary/aromatic N) is 2. The molecule has 0 unspecified atom stereocenters. The Hall–Kier alpha value is -3.18. The third kappa shape index (κ3) is 3.99. The van der Waals surface area contributed by atoms with Crippen LogP contribution in [0.4, 0.5) is 0 Å². The summed E-state index contributed by atoms with van der Waals surface area (Å²) < 4.78 is 5.80. The molecular weight excluding hydrogens is 356 g/mol. The maximum atomic E-state index is 13.1. The predicted molar refractivity (Wildman–Crippen MR) is 106 cm³/mol. The van der Waals surface area contributed by atoms with Gasteiger partial charge in [0.2, 0.25) is 5.89 Å². The van der Waals surface area contributed by atoms with Crippen molar-refractivity contribution in [3.8, 4) is 11.5 Å². The van der Waals surface area contributed by atoms with Crippen molar-refractivity contribution in [1.82, 2.24) is 10.2 Å². The van der Waals surface area contributed by atoms with E-state index >= 15 is 0 Å². The van der Waals surface area contributed by atoms with Crippen molar-refractivity contribution >= 4 is 17.5 Å². The van der Waals surface area contributed by atoms with Gasteiger partial charge in [0.25, 0.3) is 5.22 Å². The molecule has 0 N–H and O–H groups in total. The van der Waals surface area contributed by atoms with Crippen molar-refractivity contribution in [2.24, 2.45) is 0 Å². The van der Waals surface area contributed by atoms with E-state index in [2.05, 4.69) is 10.2 Å². The zero-order valence-corrected chi connectivity index (χ0v) is 15.2. The number of benzene rings is 3. The fourth-order valence-electron chi connectivity index (χ4n) is 2.71. The van der Waals surface area contributed by atoms with E-state index in [1.165, 1.54) is 11.8 Å². The lowest BCUT2D eigenvalue weighted by Gasteiger charge is -2.14. The van der Waals surface area contributed by atoms with Gasteiger partial charge in [0.1, 0.15) is 5.25 Å². The molecule has 1 heterocycles. The monoisotopic (exact) mass is 372 g/mol. The molecule has 4 nitrogen and oxygen atoms in total. The number of hydrogen-bond donors (Lipinski definition) is 0. The highest BCUT2D eigenvalue weighted by molar-refractivity contribution is 8.00. The second-order valence-electron chi connectivity index (χ2n) is 5.88. The molecule has 0 saturated heterocycles. The standard InChI is InChI=1S/C22H16N2O2S/c25-19(16-10-4-1-5-11-16)20(17-12-6-2-7-13-17)27-22-24-23-21(26-22)18-14-8-3-9-15-18/h1-15,20H/t20-/m0/s1. The van der Waals surface area contributed by atoms with E-state index in [1.807, 2.05) is 91.0 Å². The Kier molecular flexibility index (Phi) is 5.12. The van der Waals surface area contributed by atoms with Crippen LogP contribution in [0.2, 0.25) is 0 Å². The molecule has 1 aromatic heterocycles. The third-order valence-electron chi connectivity index (χ3n) is 4.04.